The minimum absolute atomic E-state index is 0.0829. The molecule has 1 heterocycles. The number of carbonyl (C=O) groups excluding carboxylic acids is 1. The highest BCUT2D eigenvalue weighted by molar-refractivity contribution is 5.89. The van der Waals surface area contributed by atoms with E-state index in [0.717, 1.165) is 6.07 Å². The average Bonchev–Trinajstić information content (AvgIpc) is 2.41. The molecule has 0 saturated carbocycles. The van der Waals surface area contributed by atoms with Crippen LogP contribution >= 0.6 is 0 Å². The van der Waals surface area contributed by atoms with Crippen molar-refractivity contribution in [3.05, 3.63) is 44.2 Å². The summed E-state index contributed by atoms with van der Waals surface area (Å²) < 4.78 is 17.8. The van der Waals surface area contributed by atoms with Gasteiger partial charge in [0.25, 0.3) is 0 Å². The largest absolute Gasteiger partial charge is 0.465 e. The highest BCUT2D eigenvalue weighted by atomic mass is 19.1. The van der Waals surface area contributed by atoms with Crippen molar-refractivity contribution in [2.75, 3.05) is 13.7 Å². The summed E-state index contributed by atoms with van der Waals surface area (Å²) in [5.41, 5.74) is 8.14. The van der Waals surface area contributed by atoms with Crippen molar-refractivity contribution in [2.24, 2.45) is 5.11 Å². The van der Waals surface area contributed by atoms with Crippen LogP contribution in [0.25, 0.3) is 10.4 Å². The zero-order valence-corrected chi connectivity index (χ0v) is 10.3. The third-order valence-electron chi connectivity index (χ3n) is 2.39. The highest BCUT2D eigenvalue weighted by Crippen LogP contribution is 2.07. The Morgan fingerprint density at radius 3 is 3.00 bits per heavy atom. The molecule has 1 unspecified atom stereocenters. The molecule has 0 saturated heterocycles. The van der Waals surface area contributed by atoms with Crippen LogP contribution < -0.4 is 5.56 Å². The molecule has 0 bridgehead atoms. The molecule has 0 amide bonds. The molecule has 0 spiro atoms. The van der Waals surface area contributed by atoms with Gasteiger partial charge >= 0.3 is 5.97 Å². The third kappa shape index (κ3) is 4.81. The Balaban J connectivity index is 2.73. The van der Waals surface area contributed by atoms with Crippen LogP contribution in [-0.4, -0.2) is 30.8 Å². The number of ether oxygens (including phenoxy) is 1. The van der Waals surface area contributed by atoms with Crippen molar-refractivity contribution in [3.63, 3.8) is 0 Å². The SMILES string of the molecule is COC(=O)c1cc(CCC(F)CN=[N+]=[N-])[nH]c(=O)c1. The van der Waals surface area contributed by atoms with Gasteiger partial charge in [-0.05, 0) is 24.4 Å². The van der Waals surface area contributed by atoms with Crippen LogP contribution in [0.15, 0.2) is 22.0 Å². The summed E-state index contributed by atoms with van der Waals surface area (Å²) in [6, 6.07) is 2.55. The van der Waals surface area contributed by atoms with E-state index in [0.29, 0.717) is 5.69 Å². The minimum Gasteiger partial charge on any atom is -0.465 e. The van der Waals surface area contributed by atoms with E-state index in [2.05, 4.69) is 19.7 Å². The molecule has 1 rings (SSSR count). The molecule has 0 aromatic carbocycles. The lowest BCUT2D eigenvalue weighted by atomic mass is 10.1. The average molecular weight is 268 g/mol. The van der Waals surface area contributed by atoms with Gasteiger partial charge in [-0.3, -0.25) is 4.79 Å². The maximum Gasteiger partial charge on any atom is 0.338 e. The number of esters is 1. The van der Waals surface area contributed by atoms with Gasteiger partial charge in [-0.15, -0.1) is 0 Å². The van der Waals surface area contributed by atoms with Crippen LogP contribution in [0, 0.1) is 0 Å². The topological polar surface area (TPSA) is 108 Å². The molecule has 0 radical (unpaired) electrons. The zero-order valence-electron chi connectivity index (χ0n) is 10.3. The number of hydrogen-bond donors (Lipinski definition) is 1. The number of nitrogens with zero attached hydrogens (tertiary/aromatic N) is 3. The van der Waals surface area contributed by atoms with E-state index in [1.165, 1.54) is 13.2 Å². The lowest BCUT2D eigenvalue weighted by molar-refractivity contribution is 0.0600. The van der Waals surface area contributed by atoms with Crippen molar-refractivity contribution in [1.29, 1.82) is 0 Å². The standard InChI is InChI=1S/C11H13FN4O3/c1-19-11(18)7-4-9(15-10(17)5-7)3-2-8(12)6-14-16-13/h4-5,8H,2-3,6H2,1H3,(H,15,17). The van der Waals surface area contributed by atoms with E-state index in [1.807, 2.05) is 0 Å². The van der Waals surface area contributed by atoms with Gasteiger partial charge < -0.3 is 9.72 Å². The summed E-state index contributed by atoms with van der Waals surface area (Å²) in [5.74, 6) is -0.627. The van der Waals surface area contributed by atoms with Crippen LogP contribution in [0.3, 0.4) is 0 Å². The van der Waals surface area contributed by atoms with Crippen LogP contribution in [0.5, 0.6) is 0 Å². The molecule has 0 aliphatic carbocycles. The van der Waals surface area contributed by atoms with E-state index in [9.17, 15) is 14.0 Å². The molecule has 0 aliphatic rings. The number of pyridine rings is 1. The molecule has 1 aromatic rings. The molecule has 0 fully saturated rings. The second-order valence-corrected chi connectivity index (χ2v) is 3.80. The maximum absolute atomic E-state index is 13.3. The number of halogens is 1. The molecule has 0 aliphatic heterocycles. The van der Waals surface area contributed by atoms with Gasteiger partial charge in [0.1, 0.15) is 6.17 Å². The fourth-order valence-corrected chi connectivity index (χ4v) is 1.50. The molecule has 8 heteroatoms. The predicted octanol–water partition coefficient (Wildman–Crippen LogP) is 1.74. The quantitative estimate of drug-likeness (QED) is 0.367. The van der Waals surface area contributed by atoms with Gasteiger partial charge in [0.15, 0.2) is 0 Å². The Bertz CT molecular complexity index is 551. The normalized spacial score (nSPS) is 11.5. The van der Waals surface area contributed by atoms with E-state index in [4.69, 9.17) is 5.53 Å². The molecule has 1 N–H and O–H groups in total. The summed E-state index contributed by atoms with van der Waals surface area (Å²) in [6.45, 7) is -0.253. The van der Waals surface area contributed by atoms with E-state index in [1.54, 1.807) is 0 Å². The maximum atomic E-state index is 13.3. The number of alkyl halides is 1. The van der Waals surface area contributed by atoms with Crippen LogP contribution in [-0.2, 0) is 11.2 Å². The first-order chi connectivity index (χ1) is 9.06. The number of carbonyl (C=O) groups is 1. The van der Waals surface area contributed by atoms with Crippen LogP contribution in [0.4, 0.5) is 4.39 Å². The van der Waals surface area contributed by atoms with Gasteiger partial charge in [-0.2, -0.15) is 0 Å². The number of hydrogen-bond acceptors (Lipinski definition) is 4. The number of rotatable bonds is 6. The fraction of sp³-hybridized carbons (Fsp3) is 0.455. The Labute approximate surface area is 108 Å². The lowest BCUT2D eigenvalue weighted by Crippen LogP contribution is -2.15. The number of aromatic amines is 1. The van der Waals surface area contributed by atoms with Gasteiger partial charge in [-0.1, -0.05) is 5.11 Å². The summed E-state index contributed by atoms with van der Waals surface area (Å²) in [7, 11) is 1.21. The highest BCUT2D eigenvalue weighted by Gasteiger charge is 2.10. The first-order valence-corrected chi connectivity index (χ1v) is 5.53. The Morgan fingerprint density at radius 1 is 1.63 bits per heavy atom. The van der Waals surface area contributed by atoms with E-state index < -0.39 is 17.7 Å². The van der Waals surface area contributed by atoms with Gasteiger partial charge in [-0.25, -0.2) is 9.18 Å². The second-order valence-electron chi connectivity index (χ2n) is 3.80. The number of methoxy groups -OCH3 is 1. The van der Waals surface area contributed by atoms with Crippen LogP contribution in [0.1, 0.15) is 22.5 Å². The van der Waals surface area contributed by atoms with Gasteiger partial charge in [0, 0.05) is 16.7 Å². The number of azide groups is 1. The summed E-state index contributed by atoms with van der Waals surface area (Å²) in [4.78, 5) is 27.6. The predicted molar refractivity (Wildman–Crippen MR) is 65.6 cm³/mol. The van der Waals surface area contributed by atoms with Crippen LogP contribution in [0.2, 0.25) is 0 Å². The molecule has 19 heavy (non-hydrogen) atoms. The minimum atomic E-state index is -1.29. The third-order valence-corrected chi connectivity index (χ3v) is 2.39. The molecule has 1 aromatic heterocycles. The Kier molecular flexibility index (Phi) is 5.56. The van der Waals surface area contributed by atoms with Crippen molar-refractivity contribution >= 4 is 5.97 Å². The number of aryl methyl sites for hydroxylation is 1. The zero-order chi connectivity index (χ0) is 14.3. The van der Waals surface area contributed by atoms with Crippen molar-refractivity contribution in [3.8, 4) is 0 Å². The molecule has 7 nitrogen and oxygen atoms in total. The van der Waals surface area contributed by atoms with Crippen molar-refractivity contribution in [2.45, 2.75) is 19.0 Å². The van der Waals surface area contributed by atoms with Crippen molar-refractivity contribution in [1.82, 2.24) is 4.98 Å². The number of nitrogens with one attached hydrogen (secondary N) is 1. The molecular formula is C11H13FN4O3. The molecule has 102 valence electrons. The monoisotopic (exact) mass is 268 g/mol. The summed E-state index contributed by atoms with van der Waals surface area (Å²) >= 11 is 0. The second kappa shape index (κ2) is 7.17. The summed E-state index contributed by atoms with van der Waals surface area (Å²) in [5, 5.41) is 3.12. The van der Waals surface area contributed by atoms with Gasteiger partial charge in [0.05, 0.1) is 19.2 Å². The number of aromatic nitrogens is 1. The lowest BCUT2D eigenvalue weighted by Gasteiger charge is -2.06. The smallest absolute Gasteiger partial charge is 0.338 e. The summed E-state index contributed by atoms with van der Waals surface area (Å²) in [6.07, 6.45) is -0.983. The molecular weight excluding hydrogens is 255 g/mol. The first kappa shape index (κ1) is 14.7. The van der Waals surface area contributed by atoms with Crippen molar-refractivity contribution < 1.29 is 13.9 Å². The molecule has 1 atom stereocenters. The Morgan fingerprint density at radius 2 is 2.37 bits per heavy atom. The van der Waals surface area contributed by atoms with E-state index >= 15 is 0 Å². The fourth-order valence-electron chi connectivity index (χ4n) is 1.50. The first-order valence-electron chi connectivity index (χ1n) is 5.53. The van der Waals surface area contributed by atoms with E-state index in [-0.39, 0.29) is 24.9 Å². The van der Waals surface area contributed by atoms with Gasteiger partial charge in [0.2, 0.25) is 5.56 Å². The number of H-pyrrole nitrogens is 1. The Hall–Kier alpha value is -2.34.